The Hall–Kier alpha value is -3.22. The first-order chi connectivity index (χ1) is 18.3. The number of likely N-dealkylation sites (N-methyl/N-ethyl adjacent to an activating group) is 1. The van der Waals surface area contributed by atoms with Crippen molar-refractivity contribution < 1.29 is 19.2 Å². The second-order valence-electron chi connectivity index (χ2n) is 9.57. The molecule has 12 heteroatoms. The van der Waals surface area contributed by atoms with E-state index in [0.29, 0.717) is 19.4 Å². The maximum absolute atomic E-state index is 12.7. The Morgan fingerprint density at radius 2 is 2.11 bits per heavy atom. The van der Waals surface area contributed by atoms with Crippen LogP contribution in [-0.2, 0) is 19.2 Å². The Balaban J connectivity index is 1.25. The van der Waals surface area contributed by atoms with E-state index in [2.05, 4.69) is 33.4 Å². The first-order valence-corrected chi connectivity index (χ1v) is 14.4. The number of nitrogens with zero attached hydrogens (tertiary/aromatic N) is 4. The number of carbonyl (C=O) groups excluding carboxylic acids is 4. The molecule has 2 atom stereocenters. The molecule has 38 heavy (non-hydrogen) atoms. The Morgan fingerprint density at radius 1 is 1.29 bits per heavy atom. The van der Waals surface area contributed by atoms with Crippen LogP contribution in [0.1, 0.15) is 16.9 Å². The zero-order chi connectivity index (χ0) is 26.8. The number of hydrogen-bond acceptors (Lipinski definition) is 10. The molecular formula is C26H30N6O4S2. The van der Waals surface area contributed by atoms with E-state index in [1.807, 2.05) is 31.3 Å². The molecule has 2 N–H and O–H groups in total. The minimum Gasteiger partial charge on any atom is -0.353 e. The van der Waals surface area contributed by atoms with Crippen molar-refractivity contribution in [2.75, 3.05) is 50.8 Å². The van der Waals surface area contributed by atoms with Crippen LogP contribution >= 0.6 is 23.1 Å². The number of amidine groups is 1. The van der Waals surface area contributed by atoms with Gasteiger partial charge in [-0.2, -0.15) is 0 Å². The molecule has 2 aromatic rings. The summed E-state index contributed by atoms with van der Waals surface area (Å²) in [6.07, 6.45) is 0.729. The van der Waals surface area contributed by atoms with Gasteiger partial charge in [-0.1, -0.05) is 12.1 Å². The lowest BCUT2D eigenvalue weighted by Crippen LogP contribution is -2.57. The number of thioether (sulfide) groups is 1. The third kappa shape index (κ3) is 5.47. The summed E-state index contributed by atoms with van der Waals surface area (Å²) in [6.45, 7) is 4.42. The van der Waals surface area contributed by atoms with Crippen LogP contribution in [0.4, 0.5) is 16.4 Å². The smallest absolute Gasteiger partial charge is 0.243 e. The van der Waals surface area contributed by atoms with Crippen LogP contribution < -0.4 is 10.6 Å². The Bertz CT molecular complexity index is 1290. The molecule has 3 amide bonds. The zero-order valence-electron chi connectivity index (χ0n) is 21.3. The van der Waals surface area contributed by atoms with Gasteiger partial charge in [-0.15, -0.1) is 23.1 Å². The maximum atomic E-state index is 12.7. The molecule has 1 aromatic heterocycles. The van der Waals surface area contributed by atoms with Gasteiger partial charge in [-0.25, -0.2) is 4.99 Å². The van der Waals surface area contributed by atoms with Gasteiger partial charge in [0.15, 0.2) is 0 Å². The van der Waals surface area contributed by atoms with Crippen molar-refractivity contribution in [3.8, 4) is 0 Å². The van der Waals surface area contributed by atoms with Crippen LogP contribution in [0.15, 0.2) is 35.3 Å². The zero-order valence-corrected chi connectivity index (χ0v) is 22.9. The van der Waals surface area contributed by atoms with Crippen molar-refractivity contribution in [3.63, 3.8) is 0 Å². The molecule has 0 aliphatic carbocycles. The molecule has 1 aromatic carbocycles. The average molecular weight is 555 g/mol. The third-order valence-corrected chi connectivity index (χ3v) is 9.02. The Labute approximate surface area is 229 Å². The average Bonchev–Trinajstić information content (AvgIpc) is 3.34. The molecule has 10 nitrogen and oxygen atoms in total. The van der Waals surface area contributed by atoms with Crippen LogP contribution in [0, 0.1) is 6.92 Å². The number of fused-ring (bicyclic) bond motifs is 2. The van der Waals surface area contributed by atoms with E-state index >= 15 is 0 Å². The van der Waals surface area contributed by atoms with Crippen molar-refractivity contribution in [3.05, 3.63) is 40.8 Å². The number of imide groups is 1. The van der Waals surface area contributed by atoms with Gasteiger partial charge in [-0.3, -0.25) is 24.2 Å². The minimum atomic E-state index is -0.593. The quantitative estimate of drug-likeness (QED) is 0.395. The summed E-state index contributed by atoms with van der Waals surface area (Å²) in [5.41, 5.74) is 2.93. The van der Waals surface area contributed by atoms with Gasteiger partial charge in [0.05, 0.1) is 22.2 Å². The maximum Gasteiger partial charge on any atom is 0.243 e. The van der Waals surface area contributed by atoms with Crippen molar-refractivity contribution in [1.82, 2.24) is 20.0 Å². The topological polar surface area (TPSA) is 114 Å². The first-order valence-electron chi connectivity index (χ1n) is 12.5. The number of carbonyl (C=O) groups is 4. The molecule has 5 rings (SSSR count). The summed E-state index contributed by atoms with van der Waals surface area (Å²) in [4.78, 5) is 59.9. The van der Waals surface area contributed by atoms with Gasteiger partial charge < -0.3 is 20.3 Å². The van der Waals surface area contributed by atoms with Crippen LogP contribution in [-0.4, -0.2) is 101 Å². The monoisotopic (exact) mass is 554 g/mol. The first kappa shape index (κ1) is 26.4. The highest BCUT2D eigenvalue weighted by Gasteiger charge is 2.39. The number of thiophene rings is 1. The minimum absolute atomic E-state index is 0.0194. The summed E-state index contributed by atoms with van der Waals surface area (Å²) in [6, 6.07) is 10.2. The largest absolute Gasteiger partial charge is 0.353 e. The number of benzene rings is 1. The molecule has 2 saturated heterocycles. The molecular weight excluding hydrogens is 524 g/mol. The summed E-state index contributed by atoms with van der Waals surface area (Å²) in [5.74, 6) is -0.0952. The number of anilines is 2. The number of aliphatic imine (C=N–C) groups is 1. The molecule has 3 aliphatic heterocycles. The van der Waals surface area contributed by atoms with Crippen LogP contribution in [0.2, 0.25) is 0 Å². The van der Waals surface area contributed by atoms with E-state index in [-0.39, 0.29) is 36.6 Å². The van der Waals surface area contributed by atoms with E-state index in [9.17, 15) is 19.2 Å². The lowest BCUT2D eigenvalue weighted by molar-refractivity contribution is -0.142. The number of para-hydroxylation sites is 2. The number of aldehydes is 1. The number of aryl methyl sites for hydroxylation is 1. The number of piperazine rings is 1. The molecule has 2 unspecified atom stereocenters. The third-order valence-electron chi connectivity index (χ3n) is 6.96. The number of hydrogen-bond donors (Lipinski definition) is 2. The van der Waals surface area contributed by atoms with Crippen molar-refractivity contribution in [1.29, 1.82) is 0 Å². The fraction of sp³-hybridized carbons (Fsp3) is 0.423. The van der Waals surface area contributed by atoms with Gasteiger partial charge in [0.1, 0.15) is 23.7 Å². The van der Waals surface area contributed by atoms with Crippen LogP contribution in [0.3, 0.4) is 0 Å². The van der Waals surface area contributed by atoms with E-state index in [1.54, 1.807) is 11.3 Å². The highest BCUT2D eigenvalue weighted by Crippen LogP contribution is 2.39. The highest BCUT2D eigenvalue weighted by molar-refractivity contribution is 8.01. The number of rotatable bonds is 7. The SMILES string of the molecule is Cc1cc2c(s1)Nc1ccccc1N=C2N1CCN(C)C(CNC(=O)CN2C(=O)CC(SCC=O)C2=O)C1. The van der Waals surface area contributed by atoms with E-state index in [1.165, 1.54) is 4.88 Å². The predicted octanol–water partition coefficient (Wildman–Crippen LogP) is 1.98. The molecule has 4 heterocycles. The molecule has 3 aliphatic rings. The number of likely N-dealkylation sites (tertiary alicyclic amines) is 1. The molecule has 2 fully saturated rings. The number of nitrogens with one attached hydrogen (secondary N) is 2. The van der Waals surface area contributed by atoms with E-state index < -0.39 is 11.2 Å². The van der Waals surface area contributed by atoms with E-state index in [0.717, 1.165) is 57.5 Å². The molecule has 0 spiro atoms. The van der Waals surface area contributed by atoms with Crippen molar-refractivity contribution in [2.45, 2.75) is 24.6 Å². The number of amides is 3. The second kappa shape index (κ2) is 11.3. The summed E-state index contributed by atoms with van der Waals surface area (Å²) in [7, 11) is 2.03. The van der Waals surface area contributed by atoms with Gasteiger partial charge in [0, 0.05) is 49.3 Å². The van der Waals surface area contributed by atoms with E-state index in [4.69, 9.17) is 4.99 Å². The lowest BCUT2D eigenvalue weighted by atomic mass is 10.1. The molecule has 200 valence electrons. The highest BCUT2D eigenvalue weighted by atomic mass is 32.2. The Kier molecular flexibility index (Phi) is 7.82. The Morgan fingerprint density at radius 3 is 2.92 bits per heavy atom. The molecule has 0 bridgehead atoms. The van der Waals surface area contributed by atoms with Crippen LogP contribution in [0.5, 0.6) is 0 Å². The van der Waals surface area contributed by atoms with Gasteiger partial charge in [0.2, 0.25) is 17.7 Å². The van der Waals surface area contributed by atoms with Gasteiger partial charge >= 0.3 is 0 Å². The fourth-order valence-corrected chi connectivity index (χ4v) is 6.64. The molecule has 0 saturated carbocycles. The van der Waals surface area contributed by atoms with Gasteiger partial charge in [-0.05, 0) is 32.2 Å². The predicted molar refractivity (Wildman–Crippen MR) is 150 cm³/mol. The molecule has 0 radical (unpaired) electrons. The normalized spacial score (nSPS) is 21.4. The van der Waals surface area contributed by atoms with Crippen molar-refractivity contribution in [2.24, 2.45) is 4.99 Å². The standard InChI is InChI=1S/C26H30N6O4S2/c1-16-11-18-24(28-19-5-3-4-6-20(19)29-25(18)38-16)31-8-7-30(2)17(14-31)13-27-22(34)15-32-23(35)12-21(26(32)36)37-10-9-33/h3-6,9,11,17,21,29H,7-8,10,12-15H2,1-2H3,(H,27,34). The second-order valence-corrected chi connectivity index (χ2v) is 12.1. The summed E-state index contributed by atoms with van der Waals surface area (Å²) < 4.78 is 0. The fourth-order valence-electron chi connectivity index (χ4n) is 4.88. The summed E-state index contributed by atoms with van der Waals surface area (Å²) >= 11 is 2.84. The van der Waals surface area contributed by atoms with Crippen molar-refractivity contribution >= 4 is 69.3 Å². The summed E-state index contributed by atoms with van der Waals surface area (Å²) in [5, 5.41) is 6.93. The lowest BCUT2D eigenvalue weighted by Gasteiger charge is -2.41. The van der Waals surface area contributed by atoms with Crippen LogP contribution in [0.25, 0.3) is 0 Å². The van der Waals surface area contributed by atoms with Gasteiger partial charge in [0.25, 0.3) is 0 Å².